The smallest absolute Gasteiger partial charge is 0.224 e. The van der Waals surface area contributed by atoms with Crippen molar-refractivity contribution in [1.29, 1.82) is 0 Å². The van der Waals surface area contributed by atoms with Crippen molar-refractivity contribution in [2.45, 2.75) is 13.0 Å². The van der Waals surface area contributed by atoms with E-state index in [1.165, 1.54) is 0 Å². The molecule has 0 aliphatic carbocycles. The molecule has 3 aromatic rings. The summed E-state index contributed by atoms with van der Waals surface area (Å²) in [6.07, 6.45) is 5.71. The molecule has 3 rings (SSSR count). The topological polar surface area (TPSA) is 46.9 Å². The third-order valence-electron chi connectivity index (χ3n) is 3.48. The number of amides is 1. The predicted octanol–water partition coefficient (Wildman–Crippen LogP) is 3.38. The van der Waals surface area contributed by atoms with Gasteiger partial charge in [0.2, 0.25) is 5.91 Å². The Morgan fingerprint density at radius 3 is 2.65 bits per heavy atom. The summed E-state index contributed by atoms with van der Waals surface area (Å²) in [7, 11) is 0. The van der Waals surface area contributed by atoms with Gasteiger partial charge in [0.1, 0.15) is 0 Å². The van der Waals surface area contributed by atoms with Gasteiger partial charge in [-0.2, -0.15) is 0 Å². The Morgan fingerprint density at radius 2 is 1.96 bits per heavy atom. The van der Waals surface area contributed by atoms with Gasteiger partial charge in [-0.3, -0.25) is 4.79 Å². The van der Waals surface area contributed by atoms with Crippen molar-refractivity contribution in [3.05, 3.63) is 83.4 Å². The number of nitrogens with zero attached hydrogens (tertiary/aromatic N) is 2. The molecule has 0 bridgehead atoms. The molecule has 0 fully saturated rings. The largest absolute Gasteiger partial charge is 0.352 e. The number of imidazole rings is 1. The maximum absolute atomic E-state index is 12.0. The van der Waals surface area contributed by atoms with Crippen LogP contribution in [-0.4, -0.2) is 15.5 Å². The molecule has 1 N–H and O–H groups in total. The Kier molecular flexibility index (Phi) is 4.74. The van der Waals surface area contributed by atoms with Crippen LogP contribution in [0.5, 0.6) is 0 Å². The van der Waals surface area contributed by atoms with Crippen LogP contribution in [0.15, 0.2) is 67.3 Å². The lowest BCUT2D eigenvalue weighted by Crippen LogP contribution is -2.24. The van der Waals surface area contributed by atoms with Crippen LogP contribution in [0.1, 0.15) is 11.1 Å². The second-order valence-corrected chi connectivity index (χ2v) is 5.66. The summed E-state index contributed by atoms with van der Waals surface area (Å²) in [6, 6.07) is 15.3. The molecule has 0 saturated heterocycles. The summed E-state index contributed by atoms with van der Waals surface area (Å²) < 4.78 is 1.93. The standard InChI is InChI=1S/C18H16ClN3O/c19-16-3-1-2-15(10-16)11-18(23)21-12-14-4-6-17(7-5-14)22-9-8-20-13-22/h1-10,13H,11-12H2,(H,21,23). The molecule has 0 atom stereocenters. The lowest BCUT2D eigenvalue weighted by Gasteiger charge is -2.07. The van der Waals surface area contributed by atoms with E-state index in [2.05, 4.69) is 10.3 Å². The van der Waals surface area contributed by atoms with Crippen molar-refractivity contribution in [1.82, 2.24) is 14.9 Å². The van der Waals surface area contributed by atoms with E-state index in [9.17, 15) is 4.79 Å². The zero-order chi connectivity index (χ0) is 16.1. The molecule has 1 heterocycles. The number of rotatable bonds is 5. The molecule has 2 aromatic carbocycles. The first-order valence-corrected chi connectivity index (χ1v) is 7.67. The lowest BCUT2D eigenvalue weighted by molar-refractivity contribution is -0.120. The number of carbonyl (C=O) groups is 1. The number of hydrogen-bond acceptors (Lipinski definition) is 2. The van der Waals surface area contributed by atoms with Crippen LogP contribution in [0.2, 0.25) is 5.02 Å². The predicted molar refractivity (Wildman–Crippen MR) is 90.6 cm³/mol. The first kappa shape index (κ1) is 15.3. The highest BCUT2D eigenvalue weighted by Crippen LogP contribution is 2.12. The third kappa shape index (κ3) is 4.20. The van der Waals surface area contributed by atoms with Crippen molar-refractivity contribution >= 4 is 17.5 Å². The molecule has 0 spiro atoms. The molecule has 4 nitrogen and oxygen atoms in total. The van der Waals surface area contributed by atoms with Gasteiger partial charge in [0.15, 0.2) is 0 Å². The Bertz CT molecular complexity index is 782. The van der Waals surface area contributed by atoms with E-state index >= 15 is 0 Å². The molecule has 23 heavy (non-hydrogen) atoms. The van der Waals surface area contributed by atoms with E-state index < -0.39 is 0 Å². The number of halogens is 1. The Labute approximate surface area is 139 Å². The first-order chi connectivity index (χ1) is 11.2. The van der Waals surface area contributed by atoms with Gasteiger partial charge in [-0.05, 0) is 35.4 Å². The lowest BCUT2D eigenvalue weighted by atomic mass is 10.1. The van der Waals surface area contributed by atoms with Crippen LogP contribution >= 0.6 is 11.6 Å². The average Bonchev–Trinajstić information content (AvgIpc) is 3.08. The maximum atomic E-state index is 12.0. The summed E-state index contributed by atoms with van der Waals surface area (Å²) in [5.41, 5.74) is 3.00. The number of aromatic nitrogens is 2. The summed E-state index contributed by atoms with van der Waals surface area (Å²) in [5.74, 6) is -0.0223. The van der Waals surface area contributed by atoms with E-state index in [0.717, 1.165) is 16.8 Å². The SMILES string of the molecule is O=C(Cc1cccc(Cl)c1)NCc1ccc(-n2ccnc2)cc1. The summed E-state index contributed by atoms with van der Waals surface area (Å²) >= 11 is 5.92. The van der Waals surface area contributed by atoms with Crippen molar-refractivity contribution in [2.24, 2.45) is 0 Å². The van der Waals surface area contributed by atoms with Crippen LogP contribution in [-0.2, 0) is 17.8 Å². The Balaban J connectivity index is 1.54. The van der Waals surface area contributed by atoms with Gasteiger partial charge in [0.25, 0.3) is 0 Å². The summed E-state index contributed by atoms with van der Waals surface area (Å²) in [4.78, 5) is 16.0. The van der Waals surface area contributed by atoms with Gasteiger partial charge in [0, 0.05) is 29.6 Å². The molecule has 1 amide bonds. The van der Waals surface area contributed by atoms with Crippen LogP contribution in [0.4, 0.5) is 0 Å². The van der Waals surface area contributed by atoms with E-state index in [1.54, 1.807) is 24.7 Å². The number of benzene rings is 2. The van der Waals surface area contributed by atoms with Gasteiger partial charge in [-0.25, -0.2) is 4.98 Å². The zero-order valence-corrected chi connectivity index (χ0v) is 13.2. The average molecular weight is 326 g/mol. The summed E-state index contributed by atoms with van der Waals surface area (Å²) in [6.45, 7) is 0.504. The fourth-order valence-corrected chi connectivity index (χ4v) is 2.51. The van der Waals surface area contributed by atoms with Crippen LogP contribution < -0.4 is 5.32 Å². The van der Waals surface area contributed by atoms with Gasteiger partial charge >= 0.3 is 0 Å². The van der Waals surface area contributed by atoms with Crippen LogP contribution in [0, 0.1) is 0 Å². The fraction of sp³-hybridized carbons (Fsp3) is 0.111. The second-order valence-electron chi connectivity index (χ2n) is 5.22. The van der Waals surface area contributed by atoms with Gasteiger partial charge in [-0.15, -0.1) is 0 Å². The van der Waals surface area contributed by atoms with Gasteiger partial charge in [-0.1, -0.05) is 35.9 Å². The number of carbonyl (C=O) groups excluding carboxylic acids is 1. The highest BCUT2D eigenvalue weighted by atomic mass is 35.5. The highest BCUT2D eigenvalue weighted by molar-refractivity contribution is 6.30. The monoisotopic (exact) mass is 325 g/mol. The maximum Gasteiger partial charge on any atom is 0.224 e. The number of nitrogens with one attached hydrogen (secondary N) is 1. The summed E-state index contributed by atoms with van der Waals surface area (Å²) in [5, 5.41) is 3.56. The first-order valence-electron chi connectivity index (χ1n) is 7.29. The molecule has 0 radical (unpaired) electrons. The molecular formula is C18H16ClN3O. The Morgan fingerprint density at radius 1 is 1.13 bits per heavy atom. The normalized spacial score (nSPS) is 10.5. The van der Waals surface area contributed by atoms with E-state index in [0.29, 0.717) is 18.0 Å². The van der Waals surface area contributed by atoms with Crippen molar-refractivity contribution < 1.29 is 4.79 Å². The van der Waals surface area contributed by atoms with E-state index in [4.69, 9.17) is 11.6 Å². The van der Waals surface area contributed by atoms with Crippen molar-refractivity contribution in [2.75, 3.05) is 0 Å². The fourth-order valence-electron chi connectivity index (χ4n) is 2.29. The van der Waals surface area contributed by atoms with Gasteiger partial charge < -0.3 is 9.88 Å². The van der Waals surface area contributed by atoms with Crippen LogP contribution in [0.25, 0.3) is 5.69 Å². The quantitative estimate of drug-likeness (QED) is 0.781. The van der Waals surface area contributed by atoms with E-state index in [-0.39, 0.29) is 5.91 Å². The molecule has 0 aliphatic rings. The van der Waals surface area contributed by atoms with Crippen molar-refractivity contribution in [3.8, 4) is 5.69 Å². The third-order valence-corrected chi connectivity index (χ3v) is 3.72. The van der Waals surface area contributed by atoms with Gasteiger partial charge in [0.05, 0.1) is 12.7 Å². The Hall–Kier alpha value is -2.59. The van der Waals surface area contributed by atoms with E-state index in [1.807, 2.05) is 47.2 Å². The minimum absolute atomic E-state index is 0.0223. The zero-order valence-electron chi connectivity index (χ0n) is 12.4. The molecule has 0 unspecified atom stereocenters. The molecule has 5 heteroatoms. The molecular weight excluding hydrogens is 310 g/mol. The highest BCUT2D eigenvalue weighted by Gasteiger charge is 2.04. The minimum atomic E-state index is -0.0223. The molecule has 0 aliphatic heterocycles. The van der Waals surface area contributed by atoms with Crippen LogP contribution in [0.3, 0.4) is 0 Å². The molecule has 0 saturated carbocycles. The van der Waals surface area contributed by atoms with Crippen molar-refractivity contribution in [3.63, 3.8) is 0 Å². The second kappa shape index (κ2) is 7.11. The number of hydrogen-bond donors (Lipinski definition) is 1. The minimum Gasteiger partial charge on any atom is -0.352 e. The molecule has 1 aromatic heterocycles. The molecule has 116 valence electrons.